The van der Waals surface area contributed by atoms with Crippen molar-refractivity contribution in [2.45, 2.75) is 104 Å². The van der Waals surface area contributed by atoms with Gasteiger partial charge in [0, 0.05) is 0 Å². The van der Waals surface area contributed by atoms with Crippen molar-refractivity contribution < 1.29 is 0 Å². The highest BCUT2D eigenvalue weighted by molar-refractivity contribution is 7.06. The summed E-state index contributed by atoms with van der Waals surface area (Å²) in [6.07, 6.45) is 2.77. The van der Waals surface area contributed by atoms with Gasteiger partial charge >= 0.3 is 14.6 Å². The van der Waals surface area contributed by atoms with Gasteiger partial charge in [0.15, 0.2) is 0 Å². The highest BCUT2D eigenvalue weighted by atomic mass is 28.4. The van der Waals surface area contributed by atoms with Gasteiger partial charge in [-0.05, 0) is 0 Å². The Labute approximate surface area is 157 Å². The van der Waals surface area contributed by atoms with Gasteiger partial charge in [0.1, 0.15) is 0 Å². The summed E-state index contributed by atoms with van der Waals surface area (Å²) >= 11 is -1.07. The molecule has 7 heteroatoms. The van der Waals surface area contributed by atoms with Crippen molar-refractivity contribution in [3.05, 3.63) is 0 Å². The molecule has 0 radical (unpaired) electrons. The van der Waals surface area contributed by atoms with E-state index in [4.69, 9.17) is 0 Å². The molecule has 138 valence electrons. The molecule has 0 aliphatic heterocycles. The van der Waals surface area contributed by atoms with Crippen LogP contribution in [0.3, 0.4) is 0 Å². The quantitative estimate of drug-likeness (QED) is 0.421. The summed E-state index contributed by atoms with van der Waals surface area (Å²) in [4.78, 5) is 0. The van der Waals surface area contributed by atoms with Gasteiger partial charge in [0.05, 0.1) is 32.9 Å². The van der Waals surface area contributed by atoms with Crippen LogP contribution >= 0.6 is 0 Å². The molecule has 0 spiro atoms. The molecule has 0 saturated heterocycles. The molecule has 0 amide bonds. The lowest BCUT2D eigenvalue weighted by Gasteiger charge is -2.57. The fourth-order valence-electron chi connectivity index (χ4n) is 4.56. The third-order valence-electron chi connectivity index (χ3n) is 4.30. The van der Waals surface area contributed by atoms with Gasteiger partial charge in [-0.15, -0.1) is 0 Å². The molecule has 0 bridgehead atoms. The standard InChI is InChI=1S/2C6H18NSi2.C4H9.Al/c2*1-8(2,3)7-9(4,5)6;1-3-4-2;/h2*1-6H3;1,3-4H2,2H3;/q2*-1;;+2. The third-order valence-corrected chi connectivity index (χ3v) is 33.1. The van der Waals surface area contributed by atoms with E-state index < -0.39 is 47.5 Å². The molecule has 0 N–H and O–H groups in total. The first-order valence-corrected chi connectivity index (χ1v) is 25.2. The van der Waals surface area contributed by atoms with E-state index in [9.17, 15) is 0 Å². The summed E-state index contributed by atoms with van der Waals surface area (Å²) in [7, 11) is -5.18. The fraction of sp³-hybridized carbons (Fsp3) is 1.00. The van der Waals surface area contributed by atoms with Crippen molar-refractivity contribution in [3.63, 3.8) is 0 Å². The molecule has 0 aliphatic carbocycles. The Morgan fingerprint density at radius 2 is 0.826 bits per heavy atom. The zero-order chi connectivity index (χ0) is 18.9. The SMILES string of the molecule is CCC[CH2][Al]([N]([Si](C)(C)C)[Si](C)(C)C)[N]([Si](C)(C)C)[Si](C)(C)C. The second kappa shape index (κ2) is 8.34. The summed E-state index contributed by atoms with van der Waals surface area (Å²) in [6, 6.07) is 0. The maximum absolute atomic E-state index is 3.23. The molecule has 23 heavy (non-hydrogen) atoms. The molecular weight excluding hydrogens is 360 g/mol. The fourth-order valence-corrected chi connectivity index (χ4v) is 40.8. The van der Waals surface area contributed by atoms with Gasteiger partial charge in [0.25, 0.3) is 0 Å². The Morgan fingerprint density at radius 3 is 1.00 bits per heavy atom. The van der Waals surface area contributed by atoms with Crippen LogP contribution in [0.4, 0.5) is 0 Å². The minimum atomic E-state index is -1.30. The largest absolute Gasteiger partial charge is 0.459 e. The predicted octanol–water partition coefficient (Wildman–Crippen LogP) is 6.22. The molecule has 0 aromatic rings. The average molecular weight is 405 g/mol. The Balaban J connectivity index is 6.16. The van der Waals surface area contributed by atoms with Crippen molar-refractivity contribution in [1.29, 1.82) is 0 Å². The second-order valence-corrected chi connectivity index (χ2v) is 35.9. The lowest BCUT2D eigenvalue weighted by Crippen LogP contribution is -2.77. The number of unbranched alkanes of at least 4 members (excludes halogenated alkanes) is 1. The minimum Gasteiger partial charge on any atom is -0.418 e. The van der Waals surface area contributed by atoms with Gasteiger partial charge < -0.3 is 6.43 Å². The van der Waals surface area contributed by atoms with E-state index >= 15 is 0 Å². The molecule has 0 aliphatic rings. The first kappa shape index (κ1) is 24.3. The van der Waals surface area contributed by atoms with Crippen LogP contribution in [0.2, 0.25) is 83.8 Å². The molecule has 0 fully saturated rings. The Morgan fingerprint density at radius 1 is 0.565 bits per heavy atom. The van der Waals surface area contributed by atoms with Crippen molar-refractivity contribution in [3.8, 4) is 0 Å². The first-order chi connectivity index (χ1) is 9.94. The lowest BCUT2D eigenvalue weighted by atomic mass is 10.4. The lowest BCUT2D eigenvalue weighted by molar-refractivity contribution is 0.746. The molecule has 0 rings (SSSR count). The second-order valence-electron chi connectivity index (χ2n) is 11.0. The Hall–Kier alpha value is 1.32. The maximum atomic E-state index is 3.23. The van der Waals surface area contributed by atoms with Gasteiger partial charge in [-0.1, -0.05) is 104 Å². The number of hydrogen-bond donors (Lipinski definition) is 0. The van der Waals surface area contributed by atoms with Crippen LogP contribution in [0.1, 0.15) is 19.8 Å². The normalized spacial score (nSPS) is 14.7. The van der Waals surface area contributed by atoms with E-state index in [0.29, 0.717) is 0 Å². The summed E-state index contributed by atoms with van der Waals surface area (Å²) in [6.45, 7) is 33.6. The summed E-state index contributed by atoms with van der Waals surface area (Å²) in [5.74, 6) is 0. The molecule has 0 aromatic carbocycles. The molecule has 2 nitrogen and oxygen atoms in total. The van der Waals surface area contributed by atoms with Gasteiger partial charge in [-0.3, -0.25) is 0 Å². The van der Waals surface area contributed by atoms with Crippen LogP contribution in [0, 0.1) is 0 Å². The zero-order valence-electron chi connectivity index (χ0n) is 18.6. The van der Waals surface area contributed by atoms with Gasteiger partial charge in [-0.2, -0.15) is 0 Å². The van der Waals surface area contributed by atoms with E-state index in [1.165, 1.54) is 18.1 Å². The summed E-state index contributed by atoms with van der Waals surface area (Å²) in [5.41, 5.74) is 0. The zero-order valence-corrected chi connectivity index (χ0v) is 23.7. The monoisotopic (exact) mass is 404 g/mol. The van der Waals surface area contributed by atoms with E-state index in [1.54, 1.807) is 0 Å². The molecule has 0 unspecified atom stereocenters. The van der Waals surface area contributed by atoms with Crippen molar-refractivity contribution >= 4 is 47.5 Å². The highest BCUT2D eigenvalue weighted by Gasteiger charge is 2.51. The highest BCUT2D eigenvalue weighted by Crippen LogP contribution is 2.31. The van der Waals surface area contributed by atoms with Gasteiger partial charge in [-0.25, -0.2) is 0 Å². The smallest absolute Gasteiger partial charge is 0.418 e. The predicted molar refractivity (Wildman–Crippen MR) is 123 cm³/mol. The number of nitrogens with zero attached hydrogens (tertiary/aromatic N) is 2. The molecule has 0 saturated carbocycles. The molecule has 0 aromatic heterocycles. The molecular formula is C16H45AlN2Si4. The summed E-state index contributed by atoms with van der Waals surface area (Å²) < 4.78 is 6.46. The maximum Gasteiger partial charge on any atom is 0.459 e. The average Bonchev–Trinajstić information content (AvgIpc) is 2.17. The van der Waals surface area contributed by atoms with E-state index in [0.717, 1.165) is 0 Å². The molecule has 0 heterocycles. The topological polar surface area (TPSA) is 6.48 Å². The van der Waals surface area contributed by atoms with Crippen LogP contribution in [-0.2, 0) is 0 Å². The van der Waals surface area contributed by atoms with E-state index in [-0.39, 0.29) is 0 Å². The van der Waals surface area contributed by atoms with Crippen LogP contribution in [-0.4, -0.2) is 54.0 Å². The number of hydrogen-bond acceptors (Lipinski definition) is 2. The molecule has 0 atom stereocenters. The van der Waals surface area contributed by atoms with E-state index in [2.05, 4.69) is 91.9 Å². The van der Waals surface area contributed by atoms with Crippen LogP contribution in [0.25, 0.3) is 0 Å². The minimum absolute atomic E-state index is 1.07. The van der Waals surface area contributed by atoms with Crippen LogP contribution in [0.15, 0.2) is 0 Å². The first-order valence-electron chi connectivity index (χ1n) is 9.53. The van der Waals surface area contributed by atoms with Gasteiger partial charge in [0.2, 0.25) is 0 Å². The Bertz CT molecular complexity index is 304. The van der Waals surface area contributed by atoms with Crippen LogP contribution in [0.5, 0.6) is 0 Å². The summed E-state index contributed by atoms with van der Waals surface area (Å²) in [5, 5.41) is 1.50. The Kier molecular flexibility index (Phi) is 8.82. The van der Waals surface area contributed by atoms with Crippen molar-refractivity contribution in [2.75, 3.05) is 0 Å². The van der Waals surface area contributed by atoms with E-state index in [1.807, 2.05) is 0 Å². The van der Waals surface area contributed by atoms with Crippen LogP contribution < -0.4 is 0 Å². The van der Waals surface area contributed by atoms with Crippen molar-refractivity contribution in [2.24, 2.45) is 0 Å². The number of rotatable bonds is 9. The third kappa shape index (κ3) is 7.61. The van der Waals surface area contributed by atoms with Crippen molar-refractivity contribution in [1.82, 2.24) is 6.43 Å².